The van der Waals surface area contributed by atoms with E-state index in [0.717, 1.165) is 40.1 Å². The second-order valence-corrected chi connectivity index (χ2v) is 10.4. The van der Waals surface area contributed by atoms with Crippen molar-refractivity contribution < 1.29 is 4.79 Å². The highest BCUT2D eigenvalue weighted by Gasteiger charge is 2.49. The number of carbonyl (C=O) groups excluding carboxylic acids is 1. The molecule has 0 atom stereocenters. The minimum absolute atomic E-state index is 0.164. The summed E-state index contributed by atoms with van der Waals surface area (Å²) in [6, 6.07) is 20.4. The molecule has 2 heterocycles. The summed E-state index contributed by atoms with van der Waals surface area (Å²) in [6.07, 6.45) is 8.61. The summed E-state index contributed by atoms with van der Waals surface area (Å²) in [6.45, 7) is 0. The summed E-state index contributed by atoms with van der Waals surface area (Å²) in [5, 5.41) is 5.28. The number of nitrogens with one attached hydrogen (secondary N) is 1. The molecule has 2 aromatic carbocycles. The van der Waals surface area contributed by atoms with Crippen molar-refractivity contribution in [2.75, 3.05) is 5.32 Å². The number of hydrogen-bond acceptors (Lipinski definition) is 3. The van der Waals surface area contributed by atoms with E-state index < -0.39 is 0 Å². The monoisotopic (exact) mass is 433 g/mol. The number of amides is 1. The fourth-order valence-corrected chi connectivity index (χ4v) is 7.36. The molecule has 1 amide bonds. The molecule has 0 radical (unpaired) electrons. The third kappa shape index (κ3) is 3.23. The predicted octanol–water partition coefficient (Wildman–Crippen LogP) is 6.58. The summed E-state index contributed by atoms with van der Waals surface area (Å²) in [4.78, 5) is 22.6. The van der Waals surface area contributed by atoms with Gasteiger partial charge in [-0.2, -0.15) is 0 Å². The highest BCUT2D eigenvalue weighted by atomic mass is 16.1. The first-order chi connectivity index (χ1) is 16.2. The Morgan fingerprint density at radius 3 is 2.30 bits per heavy atom. The molecule has 0 spiro atoms. The molecule has 0 unspecified atom stereocenters. The number of fused-ring (bicyclic) bond motifs is 2. The van der Waals surface area contributed by atoms with Gasteiger partial charge in [-0.15, -0.1) is 0 Å². The van der Waals surface area contributed by atoms with E-state index in [4.69, 9.17) is 4.98 Å². The molecule has 33 heavy (non-hydrogen) atoms. The molecular weight excluding hydrogens is 406 g/mol. The molecule has 4 aromatic rings. The third-order valence-electron chi connectivity index (χ3n) is 8.42. The lowest BCUT2D eigenvalue weighted by molar-refractivity contribution is -0.00234. The van der Waals surface area contributed by atoms with Crippen LogP contribution in [0.25, 0.3) is 21.8 Å². The topological polar surface area (TPSA) is 54.9 Å². The molecule has 4 nitrogen and oxygen atoms in total. The fraction of sp³-hybridized carbons (Fsp3) is 0.345. The lowest BCUT2D eigenvalue weighted by atomic mass is 9.50. The van der Waals surface area contributed by atoms with Gasteiger partial charge in [0, 0.05) is 10.8 Å². The number of benzene rings is 2. The van der Waals surface area contributed by atoms with Gasteiger partial charge in [0.15, 0.2) is 0 Å². The smallest absolute Gasteiger partial charge is 0.274 e. The van der Waals surface area contributed by atoms with Gasteiger partial charge in [0.1, 0.15) is 5.69 Å². The molecule has 4 bridgehead atoms. The number of aromatic nitrogens is 2. The molecule has 4 heteroatoms. The maximum absolute atomic E-state index is 13.3. The zero-order valence-electron chi connectivity index (χ0n) is 18.6. The van der Waals surface area contributed by atoms with Gasteiger partial charge in [0.2, 0.25) is 0 Å². The summed E-state index contributed by atoms with van der Waals surface area (Å²) in [5.74, 6) is 3.77. The molecule has 4 saturated carbocycles. The first-order valence-electron chi connectivity index (χ1n) is 12.3. The number of carbonyl (C=O) groups is 1. The maximum Gasteiger partial charge on any atom is 0.274 e. The largest absolute Gasteiger partial charge is 0.319 e. The van der Waals surface area contributed by atoms with Crippen LogP contribution in [0, 0.1) is 23.7 Å². The fourth-order valence-electron chi connectivity index (χ4n) is 7.36. The average molecular weight is 434 g/mol. The standard InChI is InChI=1S/C29H27N3O/c33-29(31-22-14-19-5-1-3-7-25(19)30-16-22)27-15-24(23-6-2-4-8-26(23)32-27)28-20-10-17-9-18(12-20)13-21(28)11-17/h1-8,14-18,20-21,28H,9-13H2,(H,31,33). The zero-order chi connectivity index (χ0) is 21.9. The summed E-state index contributed by atoms with van der Waals surface area (Å²) >= 11 is 0. The number of hydrogen-bond donors (Lipinski definition) is 1. The first kappa shape index (κ1) is 19.2. The minimum atomic E-state index is -0.164. The Balaban J connectivity index is 1.27. The van der Waals surface area contributed by atoms with E-state index >= 15 is 0 Å². The van der Waals surface area contributed by atoms with Crippen molar-refractivity contribution in [2.24, 2.45) is 23.7 Å². The lowest BCUT2D eigenvalue weighted by Crippen LogP contribution is -2.43. The Bertz CT molecular complexity index is 1370. The quantitative estimate of drug-likeness (QED) is 0.397. The van der Waals surface area contributed by atoms with Crippen LogP contribution in [0.3, 0.4) is 0 Å². The summed E-state index contributed by atoms with van der Waals surface area (Å²) in [5.41, 5.74) is 4.39. The molecule has 164 valence electrons. The molecule has 4 aliphatic carbocycles. The minimum Gasteiger partial charge on any atom is -0.319 e. The molecule has 0 saturated heterocycles. The number of nitrogens with zero attached hydrogens (tertiary/aromatic N) is 2. The second kappa shape index (κ2) is 7.38. The molecule has 1 N–H and O–H groups in total. The van der Waals surface area contributed by atoms with Gasteiger partial charge in [0.05, 0.1) is 22.9 Å². The lowest BCUT2D eigenvalue weighted by Gasteiger charge is -2.54. The zero-order valence-corrected chi connectivity index (χ0v) is 18.6. The van der Waals surface area contributed by atoms with E-state index in [2.05, 4.69) is 28.5 Å². The third-order valence-corrected chi connectivity index (χ3v) is 8.42. The van der Waals surface area contributed by atoms with Crippen LogP contribution in [0.1, 0.15) is 54.1 Å². The average Bonchev–Trinajstić information content (AvgIpc) is 2.83. The van der Waals surface area contributed by atoms with Crippen LogP contribution < -0.4 is 5.32 Å². The van der Waals surface area contributed by atoms with E-state index in [0.29, 0.717) is 17.3 Å². The summed E-state index contributed by atoms with van der Waals surface area (Å²) in [7, 11) is 0. The molecule has 4 aliphatic rings. The van der Waals surface area contributed by atoms with Crippen molar-refractivity contribution in [3.8, 4) is 0 Å². The van der Waals surface area contributed by atoms with Gasteiger partial charge >= 0.3 is 0 Å². The van der Waals surface area contributed by atoms with E-state index in [1.165, 1.54) is 43.1 Å². The number of rotatable bonds is 3. The molecule has 8 rings (SSSR count). The highest BCUT2D eigenvalue weighted by molar-refractivity contribution is 6.05. The number of para-hydroxylation sites is 2. The van der Waals surface area contributed by atoms with Gasteiger partial charge in [0.25, 0.3) is 5.91 Å². The van der Waals surface area contributed by atoms with Crippen molar-refractivity contribution in [1.82, 2.24) is 9.97 Å². The van der Waals surface area contributed by atoms with Gasteiger partial charge in [-0.25, -0.2) is 4.98 Å². The Morgan fingerprint density at radius 1 is 0.818 bits per heavy atom. The number of pyridine rings is 2. The van der Waals surface area contributed by atoms with E-state index in [-0.39, 0.29) is 5.91 Å². The van der Waals surface area contributed by atoms with Crippen LogP contribution in [0.2, 0.25) is 0 Å². The Morgan fingerprint density at radius 2 is 1.52 bits per heavy atom. The van der Waals surface area contributed by atoms with Crippen LogP contribution in [0.15, 0.2) is 66.9 Å². The molecule has 4 fully saturated rings. The Kier molecular flexibility index (Phi) is 4.30. The van der Waals surface area contributed by atoms with Crippen molar-refractivity contribution in [3.05, 3.63) is 78.1 Å². The SMILES string of the molecule is O=C(Nc1cnc2ccccc2c1)c1cc(C2C3CC4CC(C3)CC2C4)c2ccccc2n1. The van der Waals surface area contributed by atoms with Gasteiger partial charge < -0.3 is 5.32 Å². The van der Waals surface area contributed by atoms with Crippen LogP contribution in [-0.2, 0) is 0 Å². The van der Waals surface area contributed by atoms with Crippen molar-refractivity contribution in [2.45, 2.75) is 38.0 Å². The van der Waals surface area contributed by atoms with Crippen molar-refractivity contribution in [1.29, 1.82) is 0 Å². The van der Waals surface area contributed by atoms with Crippen LogP contribution >= 0.6 is 0 Å². The van der Waals surface area contributed by atoms with E-state index in [1.807, 2.05) is 42.5 Å². The predicted molar refractivity (Wildman–Crippen MR) is 131 cm³/mol. The van der Waals surface area contributed by atoms with E-state index in [1.54, 1.807) is 6.20 Å². The van der Waals surface area contributed by atoms with Crippen molar-refractivity contribution in [3.63, 3.8) is 0 Å². The Hall–Kier alpha value is -3.27. The Labute approximate surface area is 193 Å². The van der Waals surface area contributed by atoms with Crippen LogP contribution in [-0.4, -0.2) is 15.9 Å². The maximum atomic E-state index is 13.3. The van der Waals surface area contributed by atoms with Crippen LogP contribution in [0.5, 0.6) is 0 Å². The number of anilines is 1. The first-order valence-corrected chi connectivity index (χ1v) is 12.3. The van der Waals surface area contributed by atoms with Crippen molar-refractivity contribution >= 4 is 33.4 Å². The van der Waals surface area contributed by atoms with Gasteiger partial charge in [-0.3, -0.25) is 9.78 Å². The summed E-state index contributed by atoms with van der Waals surface area (Å²) < 4.78 is 0. The van der Waals surface area contributed by atoms with Crippen LogP contribution in [0.4, 0.5) is 5.69 Å². The second-order valence-electron chi connectivity index (χ2n) is 10.4. The normalized spacial score (nSPS) is 27.8. The molecular formula is C29H27N3O. The molecule has 2 aromatic heterocycles. The van der Waals surface area contributed by atoms with Gasteiger partial charge in [-0.1, -0.05) is 36.4 Å². The van der Waals surface area contributed by atoms with E-state index in [9.17, 15) is 4.79 Å². The molecule has 0 aliphatic heterocycles. The highest BCUT2D eigenvalue weighted by Crippen LogP contribution is 2.60. The van der Waals surface area contributed by atoms with Gasteiger partial charge in [-0.05, 0) is 91.5 Å².